The van der Waals surface area contributed by atoms with Crippen molar-refractivity contribution < 1.29 is 14.0 Å². The highest BCUT2D eigenvalue weighted by Gasteiger charge is 2.38. The lowest BCUT2D eigenvalue weighted by molar-refractivity contribution is 0.100. The highest BCUT2D eigenvalue weighted by atomic mass is 28.4. The fourth-order valence-electron chi connectivity index (χ4n) is 1.54. The van der Waals surface area contributed by atoms with Crippen molar-refractivity contribution in [3.8, 4) is 0 Å². The van der Waals surface area contributed by atoms with Crippen LogP contribution in [0.4, 0.5) is 4.79 Å². The van der Waals surface area contributed by atoms with Crippen molar-refractivity contribution in [1.82, 2.24) is 4.90 Å². The van der Waals surface area contributed by atoms with Gasteiger partial charge in [0, 0.05) is 13.1 Å². The molecule has 0 spiro atoms. The van der Waals surface area contributed by atoms with Crippen LogP contribution in [0.1, 0.15) is 27.7 Å². The normalized spacial score (nSPS) is 13.8. The van der Waals surface area contributed by atoms with Gasteiger partial charge in [-0.2, -0.15) is 0 Å². The second kappa shape index (κ2) is 7.10. The van der Waals surface area contributed by atoms with Gasteiger partial charge < -0.3 is 14.1 Å². The molecule has 0 N–H and O–H groups in total. The molecule has 19 heavy (non-hydrogen) atoms. The molecule has 0 aliphatic carbocycles. The van der Waals surface area contributed by atoms with Crippen LogP contribution in [-0.2, 0) is 9.16 Å². The Morgan fingerprint density at radius 3 is 2.32 bits per heavy atom. The standard InChI is InChI=1S/C14H29NO3Si/c1-9-10-15(13(16)17-6)11-12(2)18-19(7,8)14(3,4)5/h9,12H,1,10-11H2,2-8H3. The van der Waals surface area contributed by atoms with Crippen LogP contribution in [0.25, 0.3) is 0 Å². The van der Waals surface area contributed by atoms with E-state index in [2.05, 4.69) is 40.4 Å². The number of nitrogens with zero attached hydrogens (tertiary/aromatic N) is 1. The Morgan fingerprint density at radius 1 is 1.42 bits per heavy atom. The van der Waals surface area contributed by atoms with Crippen molar-refractivity contribution in [2.75, 3.05) is 20.2 Å². The van der Waals surface area contributed by atoms with Gasteiger partial charge in [0.05, 0.1) is 13.2 Å². The van der Waals surface area contributed by atoms with Crippen molar-refractivity contribution >= 4 is 14.4 Å². The molecule has 0 aromatic carbocycles. The molecule has 4 nitrogen and oxygen atoms in total. The van der Waals surface area contributed by atoms with E-state index >= 15 is 0 Å². The van der Waals surface area contributed by atoms with E-state index in [1.807, 2.05) is 6.92 Å². The molecular weight excluding hydrogens is 258 g/mol. The lowest BCUT2D eigenvalue weighted by atomic mass is 10.2. The molecule has 0 aliphatic rings. The van der Waals surface area contributed by atoms with E-state index < -0.39 is 8.32 Å². The number of amides is 1. The molecule has 0 aromatic heterocycles. The molecule has 112 valence electrons. The molecule has 5 heteroatoms. The molecule has 0 aromatic rings. The smallest absolute Gasteiger partial charge is 0.409 e. The van der Waals surface area contributed by atoms with Gasteiger partial charge in [-0.05, 0) is 25.1 Å². The Hall–Kier alpha value is -0.813. The number of methoxy groups -OCH3 is 1. The van der Waals surface area contributed by atoms with Crippen molar-refractivity contribution in [1.29, 1.82) is 0 Å². The third kappa shape index (κ3) is 5.78. The summed E-state index contributed by atoms with van der Waals surface area (Å²) in [6.45, 7) is 17.7. The minimum absolute atomic E-state index is 0.0139. The van der Waals surface area contributed by atoms with Crippen LogP contribution in [-0.4, -0.2) is 45.6 Å². The summed E-state index contributed by atoms with van der Waals surface area (Å²) in [6, 6.07) is 0. The number of carbonyl (C=O) groups excluding carboxylic acids is 1. The highest BCUT2D eigenvalue weighted by Crippen LogP contribution is 2.37. The maximum absolute atomic E-state index is 11.6. The van der Waals surface area contributed by atoms with Crippen molar-refractivity contribution in [3.63, 3.8) is 0 Å². The number of hydrogen-bond donors (Lipinski definition) is 0. The summed E-state index contributed by atoms with van der Waals surface area (Å²) in [7, 11) is -0.421. The first-order valence-electron chi connectivity index (χ1n) is 6.66. The van der Waals surface area contributed by atoms with E-state index in [1.54, 1.807) is 11.0 Å². The topological polar surface area (TPSA) is 38.8 Å². The van der Waals surface area contributed by atoms with Gasteiger partial charge in [0.25, 0.3) is 0 Å². The van der Waals surface area contributed by atoms with E-state index in [0.29, 0.717) is 13.1 Å². The Kier molecular flexibility index (Phi) is 6.79. The minimum Gasteiger partial charge on any atom is -0.453 e. The van der Waals surface area contributed by atoms with Crippen molar-refractivity contribution in [2.45, 2.75) is 51.9 Å². The molecule has 0 radical (unpaired) electrons. The molecule has 1 unspecified atom stereocenters. The predicted octanol–water partition coefficient (Wildman–Crippen LogP) is 3.65. The van der Waals surface area contributed by atoms with Crippen molar-refractivity contribution in [2.24, 2.45) is 0 Å². The molecule has 0 saturated heterocycles. The fourth-order valence-corrected chi connectivity index (χ4v) is 2.97. The summed E-state index contributed by atoms with van der Waals surface area (Å²) < 4.78 is 11.0. The van der Waals surface area contributed by atoms with E-state index in [0.717, 1.165) is 0 Å². The van der Waals surface area contributed by atoms with Crippen LogP contribution in [0, 0.1) is 0 Å². The van der Waals surface area contributed by atoms with Crippen LogP contribution in [0.3, 0.4) is 0 Å². The van der Waals surface area contributed by atoms with E-state index in [-0.39, 0.29) is 17.2 Å². The second-order valence-corrected chi connectivity index (χ2v) is 11.1. The van der Waals surface area contributed by atoms with E-state index in [9.17, 15) is 4.79 Å². The monoisotopic (exact) mass is 287 g/mol. The molecule has 0 bridgehead atoms. The lowest BCUT2D eigenvalue weighted by Gasteiger charge is -2.39. The molecule has 0 heterocycles. The summed E-state index contributed by atoms with van der Waals surface area (Å²) in [5.74, 6) is 0. The Balaban J connectivity index is 4.62. The Bertz CT molecular complexity index is 310. The summed E-state index contributed by atoms with van der Waals surface area (Å²) in [6.07, 6.45) is 1.33. The van der Waals surface area contributed by atoms with Crippen molar-refractivity contribution in [3.05, 3.63) is 12.7 Å². The summed E-state index contributed by atoms with van der Waals surface area (Å²) in [5, 5.41) is 0.162. The summed E-state index contributed by atoms with van der Waals surface area (Å²) in [5.41, 5.74) is 0. The zero-order chi connectivity index (χ0) is 15.3. The highest BCUT2D eigenvalue weighted by molar-refractivity contribution is 6.74. The number of hydrogen-bond acceptors (Lipinski definition) is 3. The molecule has 0 saturated carbocycles. The van der Waals surface area contributed by atoms with Gasteiger partial charge in [-0.3, -0.25) is 0 Å². The van der Waals surface area contributed by atoms with Crippen LogP contribution in [0.15, 0.2) is 12.7 Å². The summed E-state index contributed by atoms with van der Waals surface area (Å²) in [4.78, 5) is 13.2. The first-order chi connectivity index (χ1) is 8.55. The maximum Gasteiger partial charge on any atom is 0.409 e. The average Bonchev–Trinajstić information content (AvgIpc) is 2.25. The van der Waals surface area contributed by atoms with Crippen LogP contribution in [0.2, 0.25) is 18.1 Å². The Morgan fingerprint density at radius 2 is 1.95 bits per heavy atom. The van der Waals surface area contributed by atoms with Gasteiger partial charge in [0.2, 0.25) is 0 Å². The quantitative estimate of drug-likeness (QED) is 0.553. The van der Waals surface area contributed by atoms with E-state index in [1.165, 1.54) is 7.11 Å². The van der Waals surface area contributed by atoms with Gasteiger partial charge in [-0.1, -0.05) is 26.8 Å². The van der Waals surface area contributed by atoms with Gasteiger partial charge >= 0.3 is 6.09 Å². The van der Waals surface area contributed by atoms with Gasteiger partial charge in [-0.25, -0.2) is 4.79 Å². The zero-order valence-electron chi connectivity index (χ0n) is 13.4. The fraction of sp³-hybridized carbons (Fsp3) is 0.786. The first-order valence-corrected chi connectivity index (χ1v) is 9.57. The first kappa shape index (κ1) is 18.2. The number of rotatable bonds is 6. The SMILES string of the molecule is C=CCN(CC(C)O[Si](C)(C)C(C)(C)C)C(=O)OC. The predicted molar refractivity (Wildman–Crippen MR) is 81.9 cm³/mol. The third-order valence-corrected chi connectivity index (χ3v) is 8.17. The van der Waals surface area contributed by atoms with Crippen LogP contribution in [0.5, 0.6) is 0 Å². The molecule has 0 rings (SSSR count). The third-order valence-electron chi connectivity index (χ3n) is 3.56. The number of carbonyl (C=O) groups is 1. The molecule has 1 amide bonds. The minimum atomic E-state index is -1.81. The number of ether oxygens (including phenoxy) is 1. The Labute approximate surface area is 118 Å². The van der Waals surface area contributed by atoms with Crippen LogP contribution < -0.4 is 0 Å². The zero-order valence-corrected chi connectivity index (χ0v) is 14.4. The van der Waals surface area contributed by atoms with Gasteiger partial charge in [0.1, 0.15) is 0 Å². The van der Waals surface area contributed by atoms with Gasteiger partial charge in [0.15, 0.2) is 8.32 Å². The summed E-state index contributed by atoms with van der Waals surface area (Å²) >= 11 is 0. The van der Waals surface area contributed by atoms with Crippen LogP contribution >= 0.6 is 0 Å². The average molecular weight is 287 g/mol. The second-order valence-electron chi connectivity index (χ2n) is 6.35. The van der Waals surface area contributed by atoms with E-state index in [4.69, 9.17) is 9.16 Å². The maximum atomic E-state index is 11.6. The molecule has 0 fully saturated rings. The lowest BCUT2D eigenvalue weighted by Crippen LogP contribution is -2.47. The molecule has 0 aliphatic heterocycles. The molecule has 1 atom stereocenters. The largest absolute Gasteiger partial charge is 0.453 e. The van der Waals surface area contributed by atoms with Gasteiger partial charge in [-0.15, -0.1) is 6.58 Å². The molecular formula is C14H29NO3Si.